The third-order valence-electron chi connectivity index (χ3n) is 3.81. The Kier molecular flexibility index (Phi) is 3.62. The first-order valence-electron chi connectivity index (χ1n) is 7.09. The van der Waals surface area contributed by atoms with Gasteiger partial charge in [0, 0.05) is 11.8 Å². The molecule has 6 nitrogen and oxygen atoms in total. The molecule has 1 aliphatic heterocycles. The van der Waals surface area contributed by atoms with Crippen molar-refractivity contribution in [3.05, 3.63) is 36.8 Å². The van der Waals surface area contributed by atoms with E-state index in [4.69, 9.17) is 9.47 Å². The van der Waals surface area contributed by atoms with Gasteiger partial charge in [-0.25, -0.2) is 9.78 Å². The number of ether oxygens (including phenoxy) is 2. The van der Waals surface area contributed by atoms with Crippen LogP contribution < -0.4 is 4.74 Å². The Morgan fingerprint density at radius 3 is 2.91 bits per heavy atom. The van der Waals surface area contributed by atoms with Crippen molar-refractivity contribution in [2.45, 2.75) is 19.4 Å². The molecule has 2 aromatic rings. The number of methoxy groups -OCH3 is 1. The van der Waals surface area contributed by atoms with Gasteiger partial charge >= 0.3 is 6.03 Å². The summed E-state index contributed by atoms with van der Waals surface area (Å²) in [6, 6.07) is 7.45. The van der Waals surface area contributed by atoms with Crippen LogP contribution >= 0.6 is 0 Å². The van der Waals surface area contributed by atoms with E-state index in [2.05, 4.69) is 4.98 Å². The summed E-state index contributed by atoms with van der Waals surface area (Å²) in [7, 11) is 1.62. The van der Waals surface area contributed by atoms with Gasteiger partial charge in [-0.15, -0.1) is 0 Å². The van der Waals surface area contributed by atoms with Crippen molar-refractivity contribution in [3.63, 3.8) is 0 Å². The summed E-state index contributed by atoms with van der Waals surface area (Å²) in [6.07, 6.45) is 3.26. The van der Waals surface area contributed by atoms with Crippen molar-refractivity contribution in [1.82, 2.24) is 14.5 Å². The highest BCUT2D eigenvalue weighted by atomic mass is 16.5. The summed E-state index contributed by atoms with van der Waals surface area (Å²) in [6.45, 7) is 4.81. The average Bonchev–Trinajstić information content (AvgIpc) is 3.13. The van der Waals surface area contributed by atoms with Gasteiger partial charge in [0.1, 0.15) is 18.8 Å². The summed E-state index contributed by atoms with van der Waals surface area (Å²) >= 11 is 0. The van der Waals surface area contributed by atoms with E-state index in [-0.39, 0.29) is 11.6 Å². The highest BCUT2D eigenvalue weighted by Gasteiger charge is 2.37. The number of hydrogen-bond donors (Lipinski definition) is 0. The Morgan fingerprint density at radius 1 is 1.41 bits per heavy atom. The highest BCUT2D eigenvalue weighted by Crippen LogP contribution is 2.25. The van der Waals surface area contributed by atoms with Crippen molar-refractivity contribution in [3.8, 4) is 17.0 Å². The van der Waals surface area contributed by atoms with E-state index >= 15 is 0 Å². The van der Waals surface area contributed by atoms with Crippen LogP contribution in [0.2, 0.25) is 0 Å². The van der Waals surface area contributed by atoms with Crippen LogP contribution in [0.1, 0.15) is 13.8 Å². The lowest BCUT2D eigenvalue weighted by Crippen LogP contribution is -2.45. The minimum Gasteiger partial charge on any atom is -0.497 e. The van der Waals surface area contributed by atoms with Gasteiger partial charge in [-0.05, 0) is 26.0 Å². The van der Waals surface area contributed by atoms with Gasteiger partial charge in [-0.1, -0.05) is 12.1 Å². The van der Waals surface area contributed by atoms with Crippen LogP contribution in [0.25, 0.3) is 11.3 Å². The predicted molar refractivity (Wildman–Crippen MR) is 81.7 cm³/mol. The average molecular weight is 301 g/mol. The van der Waals surface area contributed by atoms with Crippen LogP contribution in [0.5, 0.6) is 5.75 Å². The van der Waals surface area contributed by atoms with E-state index in [0.717, 1.165) is 17.0 Å². The lowest BCUT2D eigenvalue weighted by atomic mass is 10.1. The van der Waals surface area contributed by atoms with Gasteiger partial charge in [0.05, 0.1) is 24.9 Å². The van der Waals surface area contributed by atoms with Crippen molar-refractivity contribution >= 4 is 6.03 Å². The Balaban J connectivity index is 1.86. The Bertz CT molecular complexity index is 693. The number of hydrogen-bond acceptors (Lipinski definition) is 4. The zero-order chi connectivity index (χ0) is 15.7. The molecule has 2 heterocycles. The summed E-state index contributed by atoms with van der Waals surface area (Å²) in [5, 5.41) is 0. The molecule has 1 amide bonds. The minimum atomic E-state index is -0.308. The second-order valence-electron chi connectivity index (χ2n) is 5.90. The second kappa shape index (κ2) is 5.46. The predicted octanol–water partition coefficient (Wildman–Crippen LogP) is 2.60. The first kappa shape index (κ1) is 14.6. The fraction of sp³-hybridized carbons (Fsp3) is 0.375. The van der Waals surface area contributed by atoms with E-state index in [1.807, 2.05) is 38.1 Å². The third-order valence-corrected chi connectivity index (χ3v) is 3.81. The van der Waals surface area contributed by atoms with Crippen LogP contribution in [0, 0.1) is 0 Å². The Hall–Kier alpha value is -2.34. The number of carbonyl (C=O) groups excluding carboxylic acids is 1. The van der Waals surface area contributed by atoms with Gasteiger partial charge < -0.3 is 9.47 Å². The molecule has 0 radical (unpaired) electrons. The van der Waals surface area contributed by atoms with E-state index in [1.54, 1.807) is 18.2 Å². The third kappa shape index (κ3) is 2.57. The molecule has 0 unspecified atom stereocenters. The van der Waals surface area contributed by atoms with Crippen LogP contribution in [-0.4, -0.2) is 46.5 Å². The maximum atomic E-state index is 12.6. The van der Waals surface area contributed by atoms with Gasteiger partial charge in [0.15, 0.2) is 0 Å². The highest BCUT2D eigenvalue weighted by molar-refractivity contribution is 5.79. The monoisotopic (exact) mass is 301 g/mol. The molecule has 0 bridgehead atoms. The van der Waals surface area contributed by atoms with Gasteiger partial charge in [-0.2, -0.15) is 0 Å². The van der Waals surface area contributed by atoms with Crippen molar-refractivity contribution in [1.29, 1.82) is 0 Å². The minimum absolute atomic E-state index is 0.135. The lowest BCUT2D eigenvalue weighted by Gasteiger charge is -2.28. The van der Waals surface area contributed by atoms with Gasteiger partial charge in [-0.3, -0.25) is 9.47 Å². The first-order valence-corrected chi connectivity index (χ1v) is 7.09. The molecule has 1 aromatic carbocycles. The van der Waals surface area contributed by atoms with E-state index in [1.165, 1.54) is 10.9 Å². The van der Waals surface area contributed by atoms with E-state index < -0.39 is 0 Å². The molecule has 1 aromatic heterocycles. The zero-order valence-corrected chi connectivity index (χ0v) is 12.9. The number of imidazole rings is 1. The Morgan fingerprint density at radius 2 is 2.23 bits per heavy atom. The second-order valence-corrected chi connectivity index (χ2v) is 5.90. The fourth-order valence-electron chi connectivity index (χ4n) is 2.45. The SMILES string of the molecule is COc1cccc(-c2cn(C(=O)N3COCC3(C)C)cn2)c1. The van der Waals surface area contributed by atoms with Crippen molar-refractivity contribution in [2.75, 3.05) is 20.4 Å². The normalized spacial score (nSPS) is 16.8. The molecule has 1 saturated heterocycles. The molecule has 116 valence electrons. The molecule has 3 rings (SSSR count). The number of carbonyl (C=O) groups is 1. The maximum Gasteiger partial charge on any atom is 0.331 e. The summed E-state index contributed by atoms with van der Waals surface area (Å²) in [5.74, 6) is 0.757. The number of benzene rings is 1. The number of aromatic nitrogens is 2. The molecule has 22 heavy (non-hydrogen) atoms. The quantitative estimate of drug-likeness (QED) is 0.855. The Labute approximate surface area is 129 Å². The van der Waals surface area contributed by atoms with Crippen LogP contribution in [0.3, 0.4) is 0 Å². The molecule has 1 aliphatic rings. The molecule has 0 spiro atoms. The molecular weight excluding hydrogens is 282 g/mol. The molecule has 0 aliphatic carbocycles. The summed E-state index contributed by atoms with van der Waals surface area (Å²) in [4.78, 5) is 18.6. The first-order chi connectivity index (χ1) is 10.5. The molecule has 0 atom stereocenters. The smallest absolute Gasteiger partial charge is 0.331 e. The van der Waals surface area contributed by atoms with Crippen molar-refractivity contribution < 1.29 is 14.3 Å². The van der Waals surface area contributed by atoms with E-state index in [0.29, 0.717) is 13.3 Å². The fourth-order valence-corrected chi connectivity index (χ4v) is 2.45. The zero-order valence-electron chi connectivity index (χ0n) is 12.9. The molecule has 0 N–H and O–H groups in total. The number of amides is 1. The lowest BCUT2D eigenvalue weighted by molar-refractivity contribution is 0.140. The maximum absolute atomic E-state index is 12.6. The van der Waals surface area contributed by atoms with E-state index in [9.17, 15) is 4.79 Å². The van der Waals surface area contributed by atoms with Gasteiger partial charge in [0.2, 0.25) is 0 Å². The van der Waals surface area contributed by atoms with Crippen LogP contribution in [-0.2, 0) is 4.74 Å². The molecule has 1 fully saturated rings. The standard InChI is InChI=1S/C16H19N3O3/c1-16(2)9-22-11-19(16)15(20)18-8-14(17-10-18)12-5-4-6-13(7-12)21-3/h4-8,10H,9,11H2,1-3H3. The van der Waals surface area contributed by atoms with Crippen LogP contribution in [0.15, 0.2) is 36.8 Å². The topological polar surface area (TPSA) is 56.6 Å². The summed E-state index contributed by atoms with van der Waals surface area (Å²) < 4.78 is 12.1. The number of rotatable bonds is 2. The molecule has 6 heteroatoms. The summed E-state index contributed by atoms with van der Waals surface area (Å²) in [5.41, 5.74) is 1.32. The van der Waals surface area contributed by atoms with Crippen LogP contribution in [0.4, 0.5) is 4.79 Å². The molecular formula is C16H19N3O3. The number of nitrogens with zero attached hydrogens (tertiary/aromatic N) is 3. The largest absolute Gasteiger partial charge is 0.497 e. The molecule has 0 saturated carbocycles. The van der Waals surface area contributed by atoms with Gasteiger partial charge in [0.25, 0.3) is 0 Å². The van der Waals surface area contributed by atoms with Crippen molar-refractivity contribution in [2.24, 2.45) is 0 Å².